The molecular formula is C8H19NO2S. The number of rotatable bonds is 8. The summed E-state index contributed by atoms with van der Waals surface area (Å²) in [6, 6.07) is 0. The summed E-state index contributed by atoms with van der Waals surface area (Å²) in [6.45, 7) is 4.55. The van der Waals surface area contributed by atoms with Crippen molar-refractivity contribution >= 4 is 10.8 Å². The summed E-state index contributed by atoms with van der Waals surface area (Å²) in [5.41, 5.74) is 0. The maximum Gasteiger partial charge on any atom is 0.0474 e. The zero-order valence-corrected chi connectivity index (χ0v) is 8.78. The number of hydrogen-bond donors (Lipinski definition) is 1. The highest BCUT2D eigenvalue weighted by Gasteiger charge is 1.93. The highest BCUT2D eigenvalue weighted by atomic mass is 32.2. The molecule has 0 amide bonds. The lowest BCUT2D eigenvalue weighted by Gasteiger charge is -2.02. The van der Waals surface area contributed by atoms with Crippen molar-refractivity contribution in [2.24, 2.45) is 0 Å². The van der Waals surface area contributed by atoms with E-state index in [4.69, 9.17) is 4.74 Å². The molecule has 0 rings (SSSR count). The molecule has 0 aromatic carbocycles. The SMILES string of the molecule is CCS(=O)CCNCCCOC. The van der Waals surface area contributed by atoms with Crippen LogP contribution in [0.25, 0.3) is 0 Å². The van der Waals surface area contributed by atoms with Crippen molar-refractivity contribution in [1.29, 1.82) is 0 Å². The Morgan fingerprint density at radius 1 is 1.42 bits per heavy atom. The molecule has 4 heteroatoms. The van der Waals surface area contributed by atoms with E-state index in [1.54, 1.807) is 7.11 Å². The standard InChI is InChI=1S/C8H19NO2S/c1-3-12(10)8-6-9-5-4-7-11-2/h9H,3-8H2,1-2H3. The first-order chi connectivity index (χ1) is 5.81. The van der Waals surface area contributed by atoms with Crippen molar-refractivity contribution in [3.8, 4) is 0 Å². The highest BCUT2D eigenvalue weighted by Crippen LogP contribution is 1.80. The first-order valence-electron chi connectivity index (χ1n) is 4.36. The second kappa shape index (κ2) is 9.16. The first kappa shape index (κ1) is 12.1. The molecule has 0 aliphatic heterocycles. The number of nitrogens with one attached hydrogen (secondary N) is 1. The van der Waals surface area contributed by atoms with E-state index in [9.17, 15) is 4.21 Å². The van der Waals surface area contributed by atoms with Crippen LogP contribution < -0.4 is 5.32 Å². The maximum atomic E-state index is 10.9. The summed E-state index contributed by atoms with van der Waals surface area (Å²) in [7, 11) is 1.07. The molecule has 0 aromatic rings. The molecule has 0 aromatic heterocycles. The van der Waals surface area contributed by atoms with Crippen LogP contribution in [-0.4, -0.2) is 42.5 Å². The molecule has 0 saturated carbocycles. The Labute approximate surface area is 77.3 Å². The van der Waals surface area contributed by atoms with Gasteiger partial charge in [-0.25, -0.2) is 0 Å². The smallest absolute Gasteiger partial charge is 0.0474 e. The Morgan fingerprint density at radius 3 is 2.75 bits per heavy atom. The predicted octanol–water partition coefficient (Wildman–Crippen LogP) is 0.381. The minimum atomic E-state index is -0.628. The summed E-state index contributed by atoms with van der Waals surface area (Å²) < 4.78 is 15.8. The molecule has 0 radical (unpaired) electrons. The predicted molar refractivity (Wildman–Crippen MR) is 52.9 cm³/mol. The molecule has 0 aliphatic carbocycles. The van der Waals surface area contributed by atoms with Crippen LogP contribution in [0.3, 0.4) is 0 Å². The van der Waals surface area contributed by atoms with Crippen molar-refractivity contribution in [3.63, 3.8) is 0 Å². The van der Waals surface area contributed by atoms with Crippen LogP contribution in [0.15, 0.2) is 0 Å². The molecule has 0 aliphatic rings. The van der Waals surface area contributed by atoms with E-state index in [-0.39, 0.29) is 0 Å². The van der Waals surface area contributed by atoms with E-state index in [0.29, 0.717) is 0 Å². The Balaban J connectivity index is 2.95. The third-order valence-electron chi connectivity index (χ3n) is 1.53. The quantitative estimate of drug-likeness (QED) is 0.566. The van der Waals surface area contributed by atoms with E-state index in [1.165, 1.54) is 0 Å². The normalized spacial score (nSPS) is 13.2. The molecule has 0 bridgehead atoms. The maximum absolute atomic E-state index is 10.9. The molecular weight excluding hydrogens is 174 g/mol. The van der Waals surface area contributed by atoms with Gasteiger partial charge < -0.3 is 10.1 Å². The Bertz CT molecular complexity index is 120. The zero-order chi connectivity index (χ0) is 9.23. The monoisotopic (exact) mass is 193 g/mol. The average molecular weight is 193 g/mol. The van der Waals surface area contributed by atoms with Crippen molar-refractivity contribution in [2.45, 2.75) is 13.3 Å². The number of hydrogen-bond acceptors (Lipinski definition) is 3. The van der Waals surface area contributed by atoms with Gasteiger partial charge in [-0.15, -0.1) is 0 Å². The second-order valence-corrected chi connectivity index (χ2v) is 4.39. The molecule has 1 atom stereocenters. The van der Waals surface area contributed by atoms with Crippen molar-refractivity contribution in [3.05, 3.63) is 0 Å². The zero-order valence-electron chi connectivity index (χ0n) is 7.97. The van der Waals surface area contributed by atoms with Crippen LogP contribution in [0.2, 0.25) is 0 Å². The van der Waals surface area contributed by atoms with Crippen LogP contribution in [0.1, 0.15) is 13.3 Å². The molecule has 0 fully saturated rings. The largest absolute Gasteiger partial charge is 0.385 e. The van der Waals surface area contributed by atoms with Gasteiger partial charge in [0.1, 0.15) is 0 Å². The fourth-order valence-corrected chi connectivity index (χ4v) is 1.46. The molecule has 1 N–H and O–H groups in total. The third kappa shape index (κ3) is 8.17. The molecule has 0 heterocycles. The topological polar surface area (TPSA) is 38.3 Å². The van der Waals surface area contributed by atoms with Crippen LogP contribution in [0.4, 0.5) is 0 Å². The van der Waals surface area contributed by atoms with Gasteiger partial charge in [-0.05, 0) is 13.0 Å². The minimum Gasteiger partial charge on any atom is -0.385 e. The van der Waals surface area contributed by atoms with Gasteiger partial charge in [-0.3, -0.25) is 4.21 Å². The number of ether oxygens (including phenoxy) is 1. The highest BCUT2D eigenvalue weighted by molar-refractivity contribution is 7.84. The van der Waals surface area contributed by atoms with E-state index in [1.807, 2.05) is 6.92 Å². The molecule has 3 nitrogen and oxygen atoms in total. The van der Waals surface area contributed by atoms with Gasteiger partial charge >= 0.3 is 0 Å². The van der Waals surface area contributed by atoms with Gasteiger partial charge in [0, 0.05) is 42.6 Å². The molecule has 0 spiro atoms. The molecule has 74 valence electrons. The van der Waals surface area contributed by atoms with Gasteiger partial charge in [-0.2, -0.15) is 0 Å². The summed E-state index contributed by atoms with van der Waals surface area (Å²) in [5, 5.41) is 3.21. The van der Waals surface area contributed by atoms with Crippen LogP contribution in [0, 0.1) is 0 Å². The summed E-state index contributed by atoms with van der Waals surface area (Å²) >= 11 is 0. The third-order valence-corrected chi connectivity index (χ3v) is 2.83. The second-order valence-electron chi connectivity index (χ2n) is 2.53. The molecule has 1 unspecified atom stereocenters. The Hall–Kier alpha value is 0.0700. The summed E-state index contributed by atoms with van der Waals surface area (Å²) in [4.78, 5) is 0. The van der Waals surface area contributed by atoms with Gasteiger partial charge in [0.15, 0.2) is 0 Å². The average Bonchev–Trinajstić information content (AvgIpc) is 2.10. The summed E-state index contributed by atoms with van der Waals surface area (Å²) in [6.07, 6.45) is 1.02. The van der Waals surface area contributed by atoms with Crippen molar-refractivity contribution in [2.75, 3.05) is 38.3 Å². The minimum absolute atomic E-state index is 0.628. The van der Waals surface area contributed by atoms with Gasteiger partial charge in [0.2, 0.25) is 0 Å². The Morgan fingerprint density at radius 2 is 2.17 bits per heavy atom. The van der Waals surface area contributed by atoms with Crippen molar-refractivity contribution < 1.29 is 8.95 Å². The number of methoxy groups -OCH3 is 1. The molecule has 0 saturated heterocycles. The lowest BCUT2D eigenvalue weighted by molar-refractivity contribution is 0.194. The lowest BCUT2D eigenvalue weighted by atomic mass is 10.4. The molecule has 12 heavy (non-hydrogen) atoms. The van der Waals surface area contributed by atoms with E-state index in [2.05, 4.69) is 5.32 Å². The van der Waals surface area contributed by atoms with E-state index >= 15 is 0 Å². The van der Waals surface area contributed by atoms with Crippen LogP contribution >= 0.6 is 0 Å². The van der Waals surface area contributed by atoms with E-state index < -0.39 is 10.8 Å². The fourth-order valence-electron chi connectivity index (χ4n) is 0.797. The van der Waals surface area contributed by atoms with Crippen molar-refractivity contribution in [1.82, 2.24) is 5.32 Å². The van der Waals surface area contributed by atoms with E-state index in [0.717, 1.165) is 37.6 Å². The summed E-state index contributed by atoms with van der Waals surface area (Å²) in [5.74, 6) is 1.53. The first-order valence-corrected chi connectivity index (χ1v) is 5.84. The lowest BCUT2D eigenvalue weighted by Crippen LogP contribution is -2.22. The van der Waals surface area contributed by atoms with Crippen LogP contribution in [-0.2, 0) is 15.5 Å². The van der Waals surface area contributed by atoms with Gasteiger partial charge in [0.25, 0.3) is 0 Å². The van der Waals surface area contributed by atoms with Gasteiger partial charge in [0.05, 0.1) is 0 Å². The van der Waals surface area contributed by atoms with Gasteiger partial charge in [-0.1, -0.05) is 6.92 Å². The fraction of sp³-hybridized carbons (Fsp3) is 1.00. The van der Waals surface area contributed by atoms with Crippen LogP contribution in [0.5, 0.6) is 0 Å². The Kier molecular flexibility index (Phi) is 9.21.